The van der Waals surface area contributed by atoms with Gasteiger partial charge in [0.2, 0.25) is 0 Å². The Balaban J connectivity index is 1.99. The van der Waals surface area contributed by atoms with Crippen LogP contribution in [0.4, 0.5) is 0 Å². The molecule has 0 saturated carbocycles. The maximum absolute atomic E-state index is 9.26. The van der Waals surface area contributed by atoms with E-state index < -0.39 is 0 Å². The van der Waals surface area contributed by atoms with Crippen molar-refractivity contribution in [3.8, 4) is 11.3 Å². The molecule has 0 radical (unpaired) electrons. The lowest BCUT2D eigenvalue weighted by Gasteiger charge is -2.05. The molecule has 3 nitrogen and oxygen atoms in total. The van der Waals surface area contributed by atoms with Crippen molar-refractivity contribution in [1.29, 1.82) is 0 Å². The van der Waals surface area contributed by atoms with Gasteiger partial charge in [-0.1, -0.05) is 53.7 Å². The van der Waals surface area contributed by atoms with Crippen LogP contribution in [0.15, 0.2) is 82.4 Å². The average Bonchev–Trinajstić information content (AvgIpc) is 2.60. The largest absolute Gasteiger partial charge is 0.456 e. The average molecular weight is 287 g/mol. The van der Waals surface area contributed by atoms with Gasteiger partial charge < -0.3 is 9.62 Å². The molecule has 1 heterocycles. The molecule has 3 aromatic carbocycles. The molecule has 106 valence electrons. The van der Waals surface area contributed by atoms with E-state index in [1.807, 2.05) is 42.5 Å². The Labute approximate surface area is 126 Å². The second-order valence-electron chi connectivity index (χ2n) is 5.15. The van der Waals surface area contributed by atoms with Gasteiger partial charge in [-0.2, -0.15) is 0 Å². The molecule has 0 saturated heterocycles. The number of hydrogen-bond acceptors (Lipinski definition) is 3. The van der Waals surface area contributed by atoms with E-state index >= 15 is 0 Å². The highest BCUT2D eigenvalue weighted by Crippen LogP contribution is 2.25. The summed E-state index contributed by atoms with van der Waals surface area (Å²) in [7, 11) is 0. The van der Waals surface area contributed by atoms with E-state index in [1.54, 1.807) is 6.07 Å². The minimum absolute atomic E-state index is 0.505. The second-order valence-corrected chi connectivity index (χ2v) is 5.15. The smallest absolute Gasteiger partial charge is 0.137 e. The van der Waals surface area contributed by atoms with Gasteiger partial charge in [-0.15, -0.1) is 0 Å². The summed E-state index contributed by atoms with van der Waals surface area (Å²) in [6.45, 7) is 0. The topological polar surface area (TPSA) is 45.7 Å². The summed E-state index contributed by atoms with van der Waals surface area (Å²) in [5.74, 6) is 0.678. The van der Waals surface area contributed by atoms with E-state index in [9.17, 15) is 5.21 Å². The standard InChI is InChI=1S/C19H13NO2/c21-20-17-12-19(22-18-8-4-3-7-16(17)18)15-10-9-13-5-1-2-6-14(13)11-15/h1-12,21H/b20-17-. The fourth-order valence-corrected chi connectivity index (χ4v) is 2.68. The highest BCUT2D eigenvalue weighted by Gasteiger charge is 2.06. The molecule has 1 N–H and O–H groups in total. The van der Waals surface area contributed by atoms with E-state index in [4.69, 9.17) is 4.42 Å². The van der Waals surface area contributed by atoms with Crippen LogP contribution in [0.25, 0.3) is 33.1 Å². The van der Waals surface area contributed by atoms with Crippen LogP contribution >= 0.6 is 0 Å². The van der Waals surface area contributed by atoms with Crippen molar-refractivity contribution in [2.24, 2.45) is 5.16 Å². The summed E-state index contributed by atoms with van der Waals surface area (Å²) in [5.41, 5.74) is 1.65. The first-order valence-electron chi connectivity index (χ1n) is 7.05. The number of nitrogens with zero attached hydrogens (tertiary/aromatic N) is 1. The number of benzene rings is 3. The van der Waals surface area contributed by atoms with Gasteiger partial charge in [-0.05, 0) is 29.0 Å². The first-order chi connectivity index (χ1) is 10.8. The minimum atomic E-state index is 0.505. The first kappa shape index (κ1) is 12.7. The molecule has 0 unspecified atom stereocenters. The third kappa shape index (κ3) is 2.04. The van der Waals surface area contributed by atoms with Gasteiger partial charge in [0.15, 0.2) is 0 Å². The second kappa shape index (κ2) is 5.04. The number of hydrogen-bond donors (Lipinski definition) is 1. The molecule has 0 spiro atoms. The maximum atomic E-state index is 9.26. The van der Waals surface area contributed by atoms with E-state index in [0.717, 1.165) is 16.3 Å². The molecule has 0 fully saturated rings. The molecular formula is C19H13NO2. The Morgan fingerprint density at radius 1 is 0.773 bits per heavy atom. The summed E-state index contributed by atoms with van der Waals surface area (Å²) in [4.78, 5) is 0. The zero-order valence-corrected chi connectivity index (χ0v) is 11.7. The molecule has 4 rings (SSSR count). The van der Waals surface area contributed by atoms with Crippen LogP contribution in [-0.4, -0.2) is 5.21 Å². The Hall–Kier alpha value is -3.07. The van der Waals surface area contributed by atoms with Crippen LogP contribution in [0.5, 0.6) is 0 Å². The van der Waals surface area contributed by atoms with Gasteiger partial charge in [0.25, 0.3) is 0 Å². The van der Waals surface area contributed by atoms with Crippen molar-refractivity contribution in [1.82, 2.24) is 0 Å². The van der Waals surface area contributed by atoms with Gasteiger partial charge >= 0.3 is 0 Å². The van der Waals surface area contributed by atoms with Gasteiger partial charge in [0.05, 0.1) is 0 Å². The van der Waals surface area contributed by atoms with Crippen molar-refractivity contribution in [3.05, 3.63) is 78.2 Å². The van der Waals surface area contributed by atoms with Crippen molar-refractivity contribution in [2.45, 2.75) is 0 Å². The predicted octanol–water partition coefficient (Wildman–Crippen LogP) is 4.54. The van der Waals surface area contributed by atoms with Gasteiger partial charge in [-0.3, -0.25) is 0 Å². The van der Waals surface area contributed by atoms with Crippen molar-refractivity contribution < 1.29 is 9.62 Å². The molecule has 0 aliphatic rings. The van der Waals surface area contributed by atoms with Gasteiger partial charge in [-0.25, -0.2) is 0 Å². The zero-order valence-electron chi connectivity index (χ0n) is 11.7. The highest BCUT2D eigenvalue weighted by molar-refractivity contribution is 5.87. The fourth-order valence-electron chi connectivity index (χ4n) is 2.68. The van der Waals surface area contributed by atoms with E-state index in [-0.39, 0.29) is 0 Å². The van der Waals surface area contributed by atoms with E-state index in [1.165, 1.54) is 5.39 Å². The van der Waals surface area contributed by atoms with Crippen molar-refractivity contribution in [3.63, 3.8) is 0 Å². The van der Waals surface area contributed by atoms with E-state index in [0.29, 0.717) is 16.7 Å². The number of fused-ring (bicyclic) bond motifs is 2. The van der Waals surface area contributed by atoms with Crippen LogP contribution in [0.2, 0.25) is 0 Å². The van der Waals surface area contributed by atoms with Gasteiger partial charge in [0.1, 0.15) is 16.7 Å². The quantitative estimate of drug-likeness (QED) is 0.412. The summed E-state index contributed by atoms with van der Waals surface area (Å²) >= 11 is 0. The van der Waals surface area contributed by atoms with Crippen molar-refractivity contribution in [2.75, 3.05) is 0 Å². The summed E-state index contributed by atoms with van der Waals surface area (Å²) < 4.78 is 5.97. The third-order valence-electron chi connectivity index (χ3n) is 3.79. The van der Waals surface area contributed by atoms with Crippen LogP contribution in [0.1, 0.15) is 0 Å². The zero-order chi connectivity index (χ0) is 14.9. The Morgan fingerprint density at radius 2 is 1.55 bits per heavy atom. The number of para-hydroxylation sites is 1. The molecule has 0 atom stereocenters. The molecule has 0 bridgehead atoms. The van der Waals surface area contributed by atoms with Gasteiger partial charge in [0, 0.05) is 17.0 Å². The molecule has 0 aliphatic heterocycles. The monoisotopic (exact) mass is 287 g/mol. The molecule has 0 aliphatic carbocycles. The van der Waals surface area contributed by atoms with Crippen LogP contribution in [0.3, 0.4) is 0 Å². The minimum Gasteiger partial charge on any atom is -0.456 e. The summed E-state index contributed by atoms with van der Waals surface area (Å²) in [6.07, 6.45) is 0. The molecular weight excluding hydrogens is 274 g/mol. The summed E-state index contributed by atoms with van der Waals surface area (Å²) in [5, 5.41) is 16.3. The lowest BCUT2D eigenvalue weighted by atomic mass is 10.0. The normalized spacial score (nSPS) is 12.1. The third-order valence-corrected chi connectivity index (χ3v) is 3.79. The van der Waals surface area contributed by atoms with E-state index in [2.05, 4.69) is 29.4 Å². The van der Waals surface area contributed by atoms with Crippen LogP contribution in [0, 0.1) is 0 Å². The number of rotatable bonds is 1. The van der Waals surface area contributed by atoms with Crippen LogP contribution < -0.4 is 5.36 Å². The first-order valence-corrected chi connectivity index (χ1v) is 7.05. The molecule has 1 aromatic heterocycles. The Kier molecular flexibility index (Phi) is 2.90. The molecule has 22 heavy (non-hydrogen) atoms. The van der Waals surface area contributed by atoms with Crippen LogP contribution in [-0.2, 0) is 0 Å². The molecule has 0 amide bonds. The SMILES string of the molecule is O/N=c1/cc(-c2ccc3ccccc3c2)oc2ccccc12. The highest BCUT2D eigenvalue weighted by atomic mass is 16.4. The maximum Gasteiger partial charge on any atom is 0.137 e. The molecule has 3 heteroatoms. The lowest BCUT2D eigenvalue weighted by Crippen LogP contribution is -2.02. The Bertz CT molecular complexity index is 1050. The predicted molar refractivity (Wildman–Crippen MR) is 86.5 cm³/mol. The van der Waals surface area contributed by atoms with Crippen molar-refractivity contribution >= 4 is 21.7 Å². The Morgan fingerprint density at radius 3 is 2.41 bits per heavy atom. The lowest BCUT2D eigenvalue weighted by molar-refractivity contribution is 0.302. The summed E-state index contributed by atoms with van der Waals surface area (Å²) in [6, 6.07) is 23.6. The fraction of sp³-hybridized carbons (Fsp3) is 0. The molecule has 4 aromatic rings.